The molecule has 0 saturated heterocycles. The second-order valence-corrected chi connectivity index (χ2v) is 9.09. The van der Waals surface area contributed by atoms with E-state index in [0.717, 1.165) is 16.7 Å². The average Bonchev–Trinajstić information content (AvgIpc) is 3.12. The molecule has 8 heteroatoms. The highest BCUT2D eigenvalue weighted by molar-refractivity contribution is 6.32. The standard InChI is InChI=1S/C22H29N3O5/c1-8-29-20(27)19(26)23-12-14-11-17(25-30-14)13-9-15(21(2,3)4)18(24-28)16(10-13)22(5,6)7/h9-11H,8,12H2,1-7H3,(H,23,26). The Kier molecular flexibility index (Phi) is 6.80. The molecule has 0 atom stereocenters. The number of nitrogens with zero attached hydrogens (tertiary/aromatic N) is 2. The molecule has 2 rings (SSSR count). The molecule has 0 bridgehead atoms. The number of rotatable bonds is 5. The van der Waals surface area contributed by atoms with Crippen LogP contribution in [0, 0.1) is 4.91 Å². The van der Waals surface area contributed by atoms with E-state index in [1.54, 1.807) is 13.0 Å². The maximum Gasteiger partial charge on any atom is 0.396 e. The number of aromatic nitrogens is 1. The first-order valence-electron chi connectivity index (χ1n) is 9.81. The maximum absolute atomic E-state index is 11.7. The van der Waals surface area contributed by atoms with Gasteiger partial charge in [0.25, 0.3) is 0 Å². The molecule has 8 nitrogen and oxygen atoms in total. The topological polar surface area (TPSA) is 111 Å². The molecule has 0 spiro atoms. The minimum absolute atomic E-state index is 0.00309. The van der Waals surface area contributed by atoms with Crippen LogP contribution in [0.25, 0.3) is 11.3 Å². The highest BCUT2D eigenvalue weighted by atomic mass is 16.5. The normalized spacial score (nSPS) is 11.8. The van der Waals surface area contributed by atoms with Gasteiger partial charge >= 0.3 is 11.9 Å². The number of nitroso groups, excluding NO2 is 1. The zero-order valence-electron chi connectivity index (χ0n) is 18.6. The monoisotopic (exact) mass is 415 g/mol. The number of carbonyl (C=O) groups excluding carboxylic acids is 2. The SMILES string of the molecule is CCOC(=O)C(=O)NCc1cc(-c2cc(C(C)(C)C)c(N=O)c(C(C)(C)C)c2)no1. The van der Waals surface area contributed by atoms with Crippen LogP contribution in [0.1, 0.15) is 65.4 Å². The number of carbonyl (C=O) groups is 2. The quantitative estimate of drug-likeness (QED) is 0.437. The summed E-state index contributed by atoms with van der Waals surface area (Å²) in [6.07, 6.45) is 0. The van der Waals surface area contributed by atoms with Crippen LogP contribution in [-0.2, 0) is 31.7 Å². The van der Waals surface area contributed by atoms with Crippen LogP contribution in [0.4, 0.5) is 5.69 Å². The lowest BCUT2D eigenvalue weighted by Gasteiger charge is -2.27. The van der Waals surface area contributed by atoms with E-state index in [9.17, 15) is 14.5 Å². The molecular weight excluding hydrogens is 386 g/mol. The van der Waals surface area contributed by atoms with E-state index >= 15 is 0 Å². The average molecular weight is 415 g/mol. The predicted octanol–water partition coefficient (Wildman–Crippen LogP) is 4.51. The van der Waals surface area contributed by atoms with E-state index in [4.69, 9.17) is 4.52 Å². The molecule has 0 aliphatic carbocycles. The van der Waals surface area contributed by atoms with Gasteiger partial charge in [0.05, 0.1) is 13.2 Å². The van der Waals surface area contributed by atoms with Crippen molar-refractivity contribution < 1.29 is 18.8 Å². The fourth-order valence-corrected chi connectivity index (χ4v) is 2.99. The molecule has 30 heavy (non-hydrogen) atoms. The van der Waals surface area contributed by atoms with Gasteiger partial charge in [-0.3, -0.25) is 4.79 Å². The van der Waals surface area contributed by atoms with Gasteiger partial charge < -0.3 is 14.6 Å². The first-order chi connectivity index (χ1) is 13.9. The third-order valence-electron chi connectivity index (χ3n) is 4.56. The summed E-state index contributed by atoms with van der Waals surface area (Å²) in [5, 5.41) is 9.87. The van der Waals surface area contributed by atoms with Crippen LogP contribution in [0.3, 0.4) is 0 Å². The fourth-order valence-electron chi connectivity index (χ4n) is 2.99. The Morgan fingerprint density at radius 3 is 2.10 bits per heavy atom. The van der Waals surface area contributed by atoms with Crippen molar-refractivity contribution in [3.05, 3.63) is 40.0 Å². The van der Waals surface area contributed by atoms with Crippen molar-refractivity contribution in [2.24, 2.45) is 5.18 Å². The molecule has 0 radical (unpaired) electrons. The van der Waals surface area contributed by atoms with Crippen molar-refractivity contribution in [2.75, 3.05) is 6.61 Å². The van der Waals surface area contributed by atoms with Crippen molar-refractivity contribution in [1.82, 2.24) is 10.5 Å². The molecular formula is C22H29N3O5. The van der Waals surface area contributed by atoms with Crippen molar-refractivity contribution in [3.8, 4) is 11.3 Å². The summed E-state index contributed by atoms with van der Waals surface area (Å²) in [6, 6.07) is 5.48. The molecule has 2 aromatic rings. The van der Waals surface area contributed by atoms with E-state index in [1.165, 1.54) is 0 Å². The molecule has 0 fully saturated rings. The molecule has 0 aliphatic heterocycles. The number of amides is 1. The lowest BCUT2D eigenvalue weighted by Crippen LogP contribution is -2.31. The molecule has 162 valence electrons. The van der Waals surface area contributed by atoms with Gasteiger partial charge in [0.15, 0.2) is 5.76 Å². The first kappa shape index (κ1) is 23.3. The molecule has 1 N–H and O–H groups in total. The van der Waals surface area contributed by atoms with Crippen LogP contribution in [0.15, 0.2) is 27.9 Å². The Morgan fingerprint density at radius 1 is 1.07 bits per heavy atom. The van der Waals surface area contributed by atoms with E-state index in [-0.39, 0.29) is 24.0 Å². The van der Waals surface area contributed by atoms with E-state index in [2.05, 4.69) is 20.4 Å². The van der Waals surface area contributed by atoms with Gasteiger partial charge in [0.1, 0.15) is 11.4 Å². The number of esters is 1. The van der Waals surface area contributed by atoms with Gasteiger partial charge in [-0.05, 0) is 46.2 Å². The summed E-state index contributed by atoms with van der Waals surface area (Å²) in [5.74, 6) is -1.41. The molecule has 0 saturated carbocycles. The highest BCUT2D eigenvalue weighted by Gasteiger charge is 2.28. The van der Waals surface area contributed by atoms with Gasteiger partial charge in [-0.2, -0.15) is 0 Å². The Labute approximate surface area is 176 Å². The third kappa shape index (κ3) is 5.31. The molecule has 0 aliphatic rings. The van der Waals surface area contributed by atoms with E-state index < -0.39 is 11.9 Å². The summed E-state index contributed by atoms with van der Waals surface area (Å²) in [6.45, 7) is 13.9. The van der Waals surface area contributed by atoms with Crippen molar-refractivity contribution in [2.45, 2.75) is 65.8 Å². The van der Waals surface area contributed by atoms with Crippen LogP contribution in [-0.4, -0.2) is 23.6 Å². The van der Waals surface area contributed by atoms with Crippen LogP contribution in [0.5, 0.6) is 0 Å². The van der Waals surface area contributed by atoms with Crippen molar-refractivity contribution in [1.29, 1.82) is 0 Å². The Morgan fingerprint density at radius 2 is 1.63 bits per heavy atom. The smallest absolute Gasteiger partial charge is 0.396 e. The summed E-state index contributed by atoms with van der Waals surface area (Å²) < 4.78 is 9.96. The van der Waals surface area contributed by atoms with Gasteiger partial charge in [0, 0.05) is 11.6 Å². The zero-order valence-corrected chi connectivity index (χ0v) is 18.6. The van der Waals surface area contributed by atoms with Crippen molar-refractivity contribution in [3.63, 3.8) is 0 Å². The molecule has 1 amide bonds. The number of ether oxygens (including phenoxy) is 1. The van der Waals surface area contributed by atoms with E-state index in [0.29, 0.717) is 17.1 Å². The second kappa shape index (κ2) is 8.77. The Hall–Kier alpha value is -3.03. The predicted molar refractivity (Wildman–Crippen MR) is 113 cm³/mol. The maximum atomic E-state index is 11.7. The summed E-state index contributed by atoms with van der Waals surface area (Å²) in [7, 11) is 0. The molecule has 1 heterocycles. The highest BCUT2D eigenvalue weighted by Crippen LogP contribution is 2.42. The minimum atomic E-state index is -0.946. The van der Waals surface area contributed by atoms with Crippen LogP contribution in [0.2, 0.25) is 0 Å². The van der Waals surface area contributed by atoms with Gasteiger partial charge in [-0.1, -0.05) is 46.7 Å². The summed E-state index contributed by atoms with van der Waals surface area (Å²) in [5.41, 5.74) is 2.82. The lowest BCUT2D eigenvalue weighted by molar-refractivity contribution is -0.154. The van der Waals surface area contributed by atoms with Crippen LogP contribution >= 0.6 is 0 Å². The Balaban J connectivity index is 2.40. The molecule has 1 aromatic carbocycles. The van der Waals surface area contributed by atoms with Gasteiger partial charge in [-0.25, -0.2) is 4.79 Å². The first-order valence-corrected chi connectivity index (χ1v) is 9.81. The Bertz CT molecular complexity index is 913. The number of hydrogen-bond acceptors (Lipinski definition) is 7. The molecule has 1 aromatic heterocycles. The zero-order chi connectivity index (χ0) is 22.7. The van der Waals surface area contributed by atoms with Gasteiger partial charge in [-0.15, -0.1) is 4.91 Å². The molecule has 0 unspecified atom stereocenters. The minimum Gasteiger partial charge on any atom is -0.459 e. The summed E-state index contributed by atoms with van der Waals surface area (Å²) >= 11 is 0. The van der Waals surface area contributed by atoms with E-state index in [1.807, 2.05) is 53.7 Å². The van der Waals surface area contributed by atoms with Crippen LogP contribution < -0.4 is 5.32 Å². The largest absolute Gasteiger partial charge is 0.459 e. The number of benzene rings is 1. The van der Waals surface area contributed by atoms with Gasteiger partial charge in [0.2, 0.25) is 0 Å². The van der Waals surface area contributed by atoms with Crippen molar-refractivity contribution >= 4 is 17.6 Å². The third-order valence-corrected chi connectivity index (χ3v) is 4.56. The number of hydrogen-bond donors (Lipinski definition) is 1. The fraction of sp³-hybridized carbons (Fsp3) is 0.500. The number of nitrogens with one attached hydrogen (secondary N) is 1. The lowest BCUT2D eigenvalue weighted by atomic mass is 9.77. The second-order valence-electron chi connectivity index (χ2n) is 9.09. The summed E-state index contributed by atoms with van der Waals surface area (Å²) in [4.78, 5) is 34.8.